The fourth-order valence-corrected chi connectivity index (χ4v) is 2.79. The lowest BCUT2D eigenvalue weighted by Gasteiger charge is -1.98. The lowest BCUT2D eigenvalue weighted by atomic mass is 10.2. The number of carbonyl (C=O) groups is 1. The van der Waals surface area contributed by atoms with Crippen molar-refractivity contribution in [2.75, 3.05) is 5.75 Å². The van der Waals surface area contributed by atoms with Gasteiger partial charge in [-0.05, 0) is 18.7 Å². The van der Waals surface area contributed by atoms with E-state index in [2.05, 4.69) is 27.5 Å². The highest BCUT2D eigenvalue weighted by Crippen LogP contribution is 2.23. The Bertz CT molecular complexity index is 566. The normalized spacial score (nSPS) is 10.1. The maximum Gasteiger partial charge on any atom is 0.318 e. The maximum atomic E-state index is 11.1. The first kappa shape index (κ1) is 15.8. The Hall–Kier alpha value is -1.26. The number of benzene rings is 1. The summed E-state index contributed by atoms with van der Waals surface area (Å²) in [6.45, 7) is 1.62. The van der Waals surface area contributed by atoms with Crippen LogP contribution >= 0.6 is 11.8 Å². The van der Waals surface area contributed by atoms with E-state index in [4.69, 9.17) is 0 Å². The van der Waals surface area contributed by atoms with Crippen molar-refractivity contribution < 1.29 is 21.8 Å². The molecule has 0 aliphatic carbocycles. The van der Waals surface area contributed by atoms with Crippen LogP contribution in [0.25, 0.3) is 11.3 Å². The summed E-state index contributed by atoms with van der Waals surface area (Å²) in [4.78, 5) is 11.1. The van der Waals surface area contributed by atoms with Crippen molar-refractivity contribution in [1.82, 2.24) is 4.57 Å². The van der Waals surface area contributed by atoms with Gasteiger partial charge in [-0.1, -0.05) is 30.3 Å². The Morgan fingerprint density at radius 3 is 2.53 bits per heavy atom. The van der Waals surface area contributed by atoms with Crippen LogP contribution in [0.1, 0.15) is 6.92 Å². The molecule has 5 heteroatoms. The third kappa shape index (κ3) is 3.61. The Labute approximate surface area is 124 Å². The van der Waals surface area contributed by atoms with Gasteiger partial charge in [0.15, 0.2) is 5.69 Å². The van der Waals surface area contributed by atoms with Crippen molar-refractivity contribution in [2.24, 2.45) is 14.1 Å². The summed E-state index contributed by atoms with van der Waals surface area (Å²) < 4.78 is 4.19. The molecule has 1 aromatic carbocycles. The summed E-state index contributed by atoms with van der Waals surface area (Å²) >= 11 is 1.57. The Kier molecular flexibility index (Phi) is 5.63. The van der Waals surface area contributed by atoms with Gasteiger partial charge in [-0.15, -0.1) is 0 Å². The summed E-state index contributed by atoms with van der Waals surface area (Å²) in [6.07, 6.45) is 2.10. The summed E-state index contributed by atoms with van der Waals surface area (Å²) in [5, 5.41) is 1.09. The van der Waals surface area contributed by atoms with Crippen molar-refractivity contribution >= 4 is 17.5 Å². The van der Waals surface area contributed by atoms with Gasteiger partial charge in [0, 0.05) is 5.56 Å². The quantitative estimate of drug-likeness (QED) is 0.545. The molecule has 2 rings (SSSR count). The van der Waals surface area contributed by atoms with Crippen molar-refractivity contribution in [3.63, 3.8) is 0 Å². The number of hydrogen-bond acceptors (Lipinski definition) is 2. The number of nitrogens with zero attached hydrogens (tertiary/aromatic N) is 2. The van der Waals surface area contributed by atoms with Gasteiger partial charge in [-0.3, -0.25) is 4.79 Å². The van der Waals surface area contributed by atoms with Gasteiger partial charge in [0.1, 0.15) is 12.0 Å². The minimum absolute atomic E-state index is 0. The molecule has 1 aromatic heterocycles. The minimum atomic E-state index is 0. The number of imidazole rings is 1. The molecule has 0 aliphatic heterocycles. The van der Waals surface area contributed by atoms with Gasteiger partial charge in [0.05, 0.1) is 19.8 Å². The van der Waals surface area contributed by atoms with E-state index in [1.807, 2.05) is 32.3 Å². The molecular weight excluding hydrogens is 280 g/mol. The zero-order chi connectivity index (χ0) is 13.1. The Balaban J connectivity index is 0.00000180. The van der Waals surface area contributed by atoms with Crippen molar-refractivity contribution in [2.45, 2.75) is 12.1 Å². The van der Waals surface area contributed by atoms with E-state index in [-0.39, 0.29) is 18.2 Å². The second-order valence-electron chi connectivity index (χ2n) is 4.32. The van der Waals surface area contributed by atoms with Gasteiger partial charge >= 0.3 is 5.16 Å². The van der Waals surface area contributed by atoms with Gasteiger partial charge in [0.25, 0.3) is 0 Å². The summed E-state index contributed by atoms with van der Waals surface area (Å²) in [7, 11) is 4.04. The highest BCUT2D eigenvalue weighted by atomic mass is 35.5. The topological polar surface area (TPSA) is 25.9 Å². The van der Waals surface area contributed by atoms with Crippen LogP contribution in [0.4, 0.5) is 0 Å². The van der Waals surface area contributed by atoms with Crippen LogP contribution in [0, 0.1) is 0 Å². The van der Waals surface area contributed by atoms with Gasteiger partial charge in [-0.25, -0.2) is 9.13 Å². The van der Waals surface area contributed by atoms with Crippen LogP contribution < -0.4 is 17.0 Å². The summed E-state index contributed by atoms with van der Waals surface area (Å²) in [6, 6.07) is 10.3. The molecule has 0 N–H and O–H groups in total. The number of aromatic nitrogens is 2. The molecule has 3 nitrogen and oxygen atoms in total. The first-order valence-electron chi connectivity index (χ1n) is 5.82. The SMILES string of the molecule is CC(=O)CSc1n(C)c(-c2ccccc2)c[n+]1C.[Cl-]. The maximum absolute atomic E-state index is 11.1. The van der Waals surface area contributed by atoms with Crippen LogP contribution in [-0.4, -0.2) is 16.1 Å². The average molecular weight is 297 g/mol. The number of Topliss-reactive ketones (excluding diaryl/α,β-unsaturated/α-hetero) is 1. The molecule has 1 heterocycles. The van der Waals surface area contributed by atoms with E-state index in [1.54, 1.807) is 18.7 Å². The molecular formula is C14H17ClN2OS. The van der Waals surface area contributed by atoms with Crippen LogP contribution in [0.15, 0.2) is 41.7 Å². The van der Waals surface area contributed by atoms with E-state index >= 15 is 0 Å². The van der Waals surface area contributed by atoms with E-state index < -0.39 is 0 Å². The molecule has 0 aliphatic rings. The summed E-state index contributed by atoms with van der Waals surface area (Å²) in [5.74, 6) is 0.711. The molecule has 0 bridgehead atoms. The van der Waals surface area contributed by atoms with E-state index in [1.165, 1.54) is 5.56 Å². The molecule has 0 unspecified atom stereocenters. The lowest BCUT2D eigenvalue weighted by Crippen LogP contribution is -3.00. The first-order valence-corrected chi connectivity index (χ1v) is 6.81. The van der Waals surface area contributed by atoms with Crippen LogP contribution in [0.5, 0.6) is 0 Å². The van der Waals surface area contributed by atoms with Crippen molar-refractivity contribution in [3.05, 3.63) is 36.5 Å². The molecule has 2 aromatic rings. The molecule has 0 fully saturated rings. The molecule has 19 heavy (non-hydrogen) atoms. The second kappa shape index (κ2) is 6.78. The Morgan fingerprint density at radius 2 is 1.95 bits per heavy atom. The first-order chi connectivity index (χ1) is 8.59. The highest BCUT2D eigenvalue weighted by molar-refractivity contribution is 7.99. The number of ketones is 1. The van der Waals surface area contributed by atoms with Crippen LogP contribution in [0.3, 0.4) is 0 Å². The fourth-order valence-electron chi connectivity index (χ4n) is 1.91. The minimum Gasteiger partial charge on any atom is -1.00 e. The van der Waals surface area contributed by atoms with E-state index in [9.17, 15) is 4.79 Å². The smallest absolute Gasteiger partial charge is 0.318 e. The molecule has 102 valence electrons. The van der Waals surface area contributed by atoms with Crippen LogP contribution in [-0.2, 0) is 18.9 Å². The number of thioether (sulfide) groups is 1. The zero-order valence-corrected chi connectivity index (χ0v) is 12.8. The number of halogens is 1. The van der Waals surface area contributed by atoms with Gasteiger partial charge in [0.2, 0.25) is 0 Å². The van der Waals surface area contributed by atoms with Crippen molar-refractivity contribution in [1.29, 1.82) is 0 Å². The number of hydrogen-bond donors (Lipinski definition) is 0. The monoisotopic (exact) mass is 296 g/mol. The number of rotatable bonds is 4. The highest BCUT2D eigenvalue weighted by Gasteiger charge is 2.20. The van der Waals surface area contributed by atoms with Crippen molar-refractivity contribution in [3.8, 4) is 11.3 Å². The number of aryl methyl sites for hydroxylation is 1. The van der Waals surface area contributed by atoms with Gasteiger partial charge < -0.3 is 12.4 Å². The largest absolute Gasteiger partial charge is 1.00 e. The summed E-state index contributed by atoms with van der Waals surface area (Å²) in [5.41, 5.74) is 2.34. The standard InChI is InChI=1S/C14H17N2OS.ClH/c1-11(17)10-18-14-15(2)9-13(16(14)3)12-7-5-4-6-8-12;/h4-9H,10H2,1-3H3;1H/q+1;/p-1. The molecule has 0 saturated heterocycles. The zero-order valence-electron chi connectivity index (χ0n) is 11.3. The van der Waals surface area contributed by atoms with Gasteiger partial charge in [-0.2, -0.15) is 0 Å². The third-order valence-electron chi connectivity index (χ3n) is 2.74. The third-order valence-corrected chi connectivity index (χ3v) is 4.11. The number of carbonyl (C=O) groups excluding carboxylic acids is 1. The molecule has 0 amide bonds. The van der Waals surface area contributed by atoms with E-state index in [0.717, 1.165) is 10.9 Å². The molecule has 0 spiro atoms. The van der Waals surface area contributed by atoms with E-state index in [0.29, 0.717) is 5.75 Å². The molecule has 0 radical (unpaired) electrons. The molecule has 0 saturated carbocycles. The average Bonchev–Trinajstić information content (AvgIpc) is 2.63. The fraction of sp³-hybridized carbons (Fsp3) is 0.286. The Morgan fingerprint density at radius 1 is 1.32 bits per heavy atom. The predicted octanol–water partition coefficient (Wildman–Crippen LogP) is -0.798. The molecule has 0 atom stereocenters. The predicted molar refractivity (Wildman–Crippen MR) is 73.4 cm³/mol. The lowest BCUT2D eigenvalue weighted by molar-refractivity contribution is -0.709. The van der Waals surface area contributed by atoms with Crippen LogP contribution in [0.2, 0.25) is 0 Å². The second-order valence-corrected chi connectivity index (χ2v) is 5.27.